The third kappa shape index (κ3) is 4.65. The van der Waals surface area contributed by atoms with E-state index in [0.29, 0.717) is 35.1 Å². The van der Waals surface area contributed by atoms with Crippen LogP contribution in [0.1, 0.15) is 34.5 Å². The van der Waals surface area contributed by atoms with Gasteiger partial charge in [-0.15, -0.1) is 0 Å². The number of halogens is 2. The van der Waals surface area contributed by atoms with Crippen LogP contribution in [0.4, 0.5) is 4.39 Å². The Labute approximate surface area is 161 Å². The molecule has 0 saturated carbocycles. The number of carbonyl (C=O) groups is 1. The Morgan fingerprint density at radius 3 is 2.89 bits per heavy atom. The molecule has 0 N–H and O–H groups in total. The quantitative estimate of drug-likeness (QED) is 0.418. The van der Waals surface area contributed by atoms with Gasteiger partial charge in [0.15, 0.2) is 5.78 Å². The standard InChI is InChI=1S/C20H18ClFN2O3/c1-3-24-11-17(13(2)23-24)19(25)8-7-15-5-6-16(27-15)12-26-20-9-4-14(22)10-18(20)21/h4-11H,3,12H2,1-2H3/b8-7+. The summed E-state index contributed by atoms with van der Waals surface area (Å²) in [5.41, 5.74) is 1.25. The van der Waals surface area contributed by atoms with E-state index in [9.17, 15) is 9.18 Å². The van der Waals surface area contributed by atoms with Gasteiger partial charge in [-0.05, 0) is 56.3 Å². The highest BCUT2D eigenvalue weighted by atomic mass is 35.5. The molecule has 2 aromatic heterocycles. The van der Waals surface area contributed by atoms with Gasteiger partial charge in [-0.3, -0.25) is 9.48 Å². The molecule has 0 aliphatic carbocycles. The van der Waals surface area contributed by atoms with Gasteiger partial charge in [0.05, 0.1) is 16.3 Å². The van der Waals surface area contributed by atoms with Crippen molar-refractivity contribution in [2.75, 3.05) is 0 Å². The lowest BCUT2D eigenvalue weighted by Crippen LogP contribution is -1.95. The summed E-state index contributed by atoms with van der Waals surface area (Å²) >= 11 is 5.92. The Morgan fingerprint density at radius 2 is 2.19 bits per heavy atom. The lowest BCUT2D eigenvalue weighted by Gasteiger charge is -2.05. The molecule has 0 atom stereocenters. The Kier molecular flexibility index (Phi) is 5.76. The Balaban J connectivity index is 1.62. The molecule has 0 bridgehead atoms. The van der Waals surface area contributed by atoms with Crippen molar-refractivity contribution in [1.29, 1.82) is 0 Å². The summed E-state index contributed by atoms with van der Waals surface area (Å²) in [6.45, 7) is 4.60. The first-order chi connectivity index (χ1) is 13.0. The van der Waals surface area contributed by atoms with Crippen LogP contribution in [-0.2, 0) is 13.2 Å². The summed E-state index contributed by atoms with van der Waals surface area (Å²) in [6, 6.07) is 7.38. The van der Waals surface area contributed by atoms with Crippen molar-refractivity contribution in [2.24, 2.45) is 0 Å². The van der Waals surface area contributed by atoms with Gasteiger partial charge in [0, 0.05) is 12.7 Å². The Bertz CT molecular complexity index is 991. The average Bonchev–Trinajstić information content (AvgIpc) is 3.25. The van der Waals surface area contributed by atoms with Crippen molar-refractivity contribution in [3.05, 3.63) is 76.2 Å². The number of rotatable bonds is 7. The predicted molar refractivity (Wildman–Crippen MR) is 100 cm³/mol. The maximum atomic E-state index is 13.0. The van der Waals surface area contributed by atoms with E-state index in [-0.39, 0.29) is 17.4 Å². The van der Waals surface area contributed by atoms with E-state index >= 15 is 0 Å². The molecule has 0 aliphatic heterocycles. The molecular weight excluding hydrogens is 371 g/mol. The molecule has 3 aromatic rings. The number of aryl methyl sites for hydroxylation is 2. The van der Waals surface area contributed by atoms with Crippen LogP contribution in [0.5, 0.6) is 5.75 Å². The number of hydrogen-bond acceptors (Lipinski definition) is 4. The summed E-state index contributed by atoms with van der Waals surface area (Å²) in [5, 5.41) is 4.45. The molecule has 0 saturated heterocycles. The molecule has 27 heavy (non-hydrogen) atoms. The second-order valence-corrected chi connectivity index (χ2v) is 6.26. The van der Waals surface area contributed by atoms with Crippen LogP contribution < -0.4 is 4.74 Å². The van der Waals surface area contributed by atoms with Gasteiger partial charge in [-0.2, -0.15) is 5.10 Å². The van der Waals surface area contributed by atoms with Crippen molar-refractivity contribution in [3.8, 4) is 5.75 Å². The van der Waals surface area contributed by atoms with Gasteiger partial charge >= 0.3 is 0 Å². The SMILES string of the molecule is CCn1cc(C(=O)/C=C/c2ccc(COc3ccc(F)cc3Cl)o2)c(C)n1. The first-order valence-corrected chi connectivity index (χ1v) is 8.77. The molecule has 2 heterocycles. The second kappa shape index (κ2) is 8.22. The molecule has 1 aromatic carbocycles. The van der Waals surface area contributed by atoms with Crippen molar-refractivity contribution < 1.29 is 18.3 Å². The lowest BCUT2D eigenvalue weighted by atomic mass is 10.1. The summed E-state index contributed by atoms with van der Waals surface area (Å²) in [4.78, 5) is 12.3. The molecule has 140 valence electrons. The van der Waals surface area contributed by atoms with Crippen LogP contribution in [0.2, 0.25) is 5.02 Å². The number of hydrogen-bond donors (Lipinski definition) is 0. The summed E-state index contributed by atoms with van der Waals surface area (Å²) in [7, 11) is 0. The number of carbonyl (C=O) groups excluding carboxylic acids is 1. The molecule has 5 nitrogen and oxygen atoms in total. The molecular formula is C20H18ClFN2O3. The number of furan rings is 1. The molecule has 0 amide bonds. The van der Waals surface area contributed by atoms with E-state index < -0.39 is 5.82 Å². The van der Waals surface area contributed by atoms with Gasteiger partial charge in [0.25, 0.3) is 0 Å². The highest BCUT2D eigenvalue weighted by molar-refractivity contribution is 6.32. The largest absolute Gasteiger partial charge is 0.484 e. The van der Waals surface area contributed by atoms with E-state index in [1.54, 1.807) is 36.0 Å². The maximum absolute atomic E-state index is 13.0. The first kappa shape index (κ1) is 18.9. The van der Waals surface area contributed by atoms with Crippen molar-refractivity contribution in [2.45, 2.75) is 27.0 Å². The van der Waals surface area contributed by atoms with E-state index in [2.05, 4.69) is 5.10 Å². The predicted octanol–water partition coefficient (Wildman–Crippen LogP) is 5.07. The van der Waals surface area contributed by atoms with Crippen LogP contribution in [0.15, 0.2) is 47.0 Å². The summed E-state index contributed by atoms with van der Waals surface area (Å²) in [5.74, 6) is 0.872. The number of aromatic nitrogens is 2. The van der Waals surface area contributed by atoms with Gasteiger partial charge in [0.2, 0.25) is 0 Å². The van der Waals surface area contributed by atoms with Gasteiger partial charge in [-0.1, -0.05) is 11.6 Å². The Morgan fingerprint density at radius 1 is 1.37 bits per heavy atom. The van der Waals surface area contributed by atoms with E-state index in [0.717, 1.165) is 0 Å². The van der Waals surface area contributed by atoms with Crippen molar-refractivity contribution >= 4 is 23.5 Å². The second-order valence-electron chi connectivity index (χ2n) is 5.85. The highest BCUT2D eigenvalue weighted by Gasteiger charge is 2.11. The molecule has 0 fully saturated rings. The monoisotopic (exact) mass is 388 g/mol. The average molecular weight is 389 g/mol. The zero-order chi connectivity index (χ0) is 19.4. The van der Waals surface area contributed by atoms with Gasteiger partial charge < -0.3 is 9.15 Å². The first-order valence-electron chi connectivity index (χ1n) is 8.39. The van der Waals surface area contributed by atoms with Crippen molar-refractivity contribution in [1.82, 2.24) is 9.78 Å². The number of ether oxygens (including phenoxy) is 1. The fourth-order valence-corrected chi connectivity index (χ4v) is 2.69. The molecule has 7 heteroatoms. The van der Waals surface area contributed by atoms with Crippen LogP contribution in [0.3, 0.4) is 0 Å². The molecule has 0 radical (unpaired) electrons. The smallest absolute Gasteiger partial charge is 0.189 e. The third-order valence-corrected chi connectivity index (χ3v) is 4.18. The molecule has 0 unspecified atom stereocenters. The Hall–Kier alpha value is -2.86. The van der Waals surface area contributed by atoms with E-state index in [1.807, 2.05) is 6.92 Å². The fraction of sp³-hybridized carbons (Fsp3) is 0.200. The highest BCUT2D eigenvalue weighted by Crippen LogP contribution is 2.26. The topological polar surface area (TPSA) is 57.3 Å². The van der Waals surface area contributed by atoms with Gasteiger partial charge in [0.1, 0.15) is 29.7 Å². The zero-order valence-corrected chi connectivity index (χ0v) is 15.7. The minimum Gasteiger partial charge on any atom is -0.484 e. The van der Waals surface area contributed by atoms with Crippen LogP contribution in [-0.4, -0.2) is 15.6 Å². The summed E-state index contributed by atoms with van der Waals surface area (Å²) < 4.78 is 25.9. The minimum atomic E-state index is -0.429. The number of nitrogens with zero attached hydrogens (tertiary/aromatic N) is 2. The molecule has 3 rings (SSSR count). The van der Waals surface area contributed by atoms with E-state index in [4.69, 9.17) is 20.8 Å². The van der Waals surface area contributed by atoms with Crippen LogP contribution in [0, 0.1) is 12.7 Å². The number of benzene rings is 1. The van der Waals surface area contributed by atoms with Crippen LogP contribution in [0.25, 0.3) is 6.08 Å². The minimum absolute atomic E-state index is 0.134. The number of allylic oxidation sites excluding steroid dienone is 1. The summed E-state index contributed by atoms with van der Waals surface area (Å²) in [6.07, 6.45) is 4.78. The van der Waals surface area contributed by atoms with Crippen molar-refractivity contribution in [3.63, 3.8) is 0 Å². The third-order valence-electron chi connectivity index (χ3n) is 3.88. The molecule has 0 aliphatic rings. The number of ketones is 1. The zero-order valence-electron chi connectivity index (χ0n) is 14.9. The van der Waals surface area contributed by atoms with Crippen LogP contribution >= 0.6 is 11.6 Å². The van der Waals surface area contributed by atoms with E-state index in [1.165, 1.54) is 24.3 Å². The normalized spacial score (nSPS) is 11.3. The fourth-order valence-electron chi connectivity index (χ4n) is 2.47. The maximum Gasteiger partial charge on any atom is 0.189 e. The van der Waals surface area contributed by atoms with Gasteiger partial charge in [-0.25, -0.2) is 4.39 Å². The molecule has 0 spiro atoms. The lowest BCUT2D eigenvalue weighted by molar-refractivity contribution is 0.104.